The van der Waals surface area contributed by atoms with E-state index >= 15 is 0 Å². The molecule has 2 aliphatic rings. The second-order valence-corrected chi connectivity index (χ2v) is 7.31. The predicted octanol–water partition coefficient (Wildman–Crippen LogP) is -1.49. The van der Waals surface area contributed by atoms with E-state index in [9.17, 15) is 25.2 Å². The number of amides is 1. The highest BCUT2D eigenvalue weighted by Gasteiger charge is 2.34. The molecule has 0 bridgehead atoms. The average molecular weight is 391 g/mol. The Bertz CT molecular complexity index is 445. The SMILES string of the molecule is CO[C@@H]1CN(C(=O)C2CCOCC2)C[C@@H](O)[C@H](O)CCCOC[C@@H](O)[C@H]1O. The fourth-order valence-corrected chi connectivity index (χ4v) is 3.48. The van der Waals surface area contributed by atoms with Crippen LogP contribution in [-0.4, -0.2) is 108 Å². The minimum Gasteiger partial charge on any atom is -0.390 e. The lowest BCUT2D eigenvalue weighted by Crippen LogP contribution is -2.52. The number of rotatable bonds is 2. The first-order valence-corrected chi connectivity index (χ1v) is 9.63. The molecule has 0 aromatic heterocycles. The van der Waals surface area contributed by atoms with Gasteiger partial charge in [-0.15, -0.1) is 0 Å². The number of hydrogen-bond donors (Lipinski definition) is 4. The van der Waals surface area contributed by atoms with Crippen LogP contribution >= 0.6 is 0 Å². The average Bonchev–Trinajstić information content (AvgIpc) is 2.69. The Morgan fingerprint density at radius 2 is 1.63 bits per heavy atom. The zero-order valence-electron chi connectivity index (χ0n) is 15.9. The van der Waals surface area contributed by atoms with Gasteiger partial charge in [-0.1, -0.05) is 0 Å². The van der Waals surface area contributed by atoms with E-state index in [1.54, 1.807) is 0 Å². The molecule has 0 aliphatic carbocycles. The number of methoxy groups -OCH3 is 1. The third kappa shape index (κ3) is 6.63. The van der Waals surface area contributed by atoms with Crippen LogP contribution in [0.1, 0.15) is 25.7 Å². The van der Waals surface area contributed by atoms with Crippen molar-refractivity contribution in [2.45, 2.75) is 56.2 Å². The second kappa shape index (κ2) is 11.3. The summed E-state index contributed by atoms with van der Waals surface area (Å²) in [5.74, 6) is -0.402. The largest absolute Gasteiger partial charge is 0.390 e. The molecule has 2 rings (SSSR count). The Kier molecular flexibility index (Phi) is 9.37. The summed E-state index contributed by atoms with van der Waals surface area (Å²) >= 11 is 0. The molecule has 5 atom stereocenters. The van der Waals surface area contributed by atoms with Gasteiger partial charge in [-0.3, -0.25) is 4.79 Å². The summed E-state index contributed by atoms with van der Waals surface area (Å²) in [6.45, 7) is 1.14. The molecule has 9 heteroatoms. The predicted molar refractivity (Wildman–Crippen MR) is 95.0 cm³/mol. The van der Waals surface area contributed by atoms with Crippen LogP contribution in [0.2, 0.25) is 0 Å². The third-order valence-electron chi connectivity index (χ3n) is 5.29. The van der Waals surface area contributed by atoms with Crippen LogP contribution in [0.5, 0.6) is 0 Å². The maximum Gasteiger partial charge on any atom is 0.226 e. The molecule has 0 unspecified atom stereocenters. The Hall–Kier alpha value is -0.810. The Morgan fingerprint density at radius 3 is 2.30 bits per heavy atom. The number of aliphatic hydroxyl groups is 4. The highest BCUT2D eigenvalue weighted by molar-refractivity contribution is 5.79. The molecule has 27 heavy (non-hydrogen) atoms. The van der Waals surface area contributed by atoms with Gasteiger partial charge in [-0.25, -0.2) is 0 Å². The standard InChI is InChI=1S/C18H33NO8/c1-25-16-10-19(18(24)12-4-7-26-8-5-12)9-14(21)13(20)3-2-6-27-11-15(22)17(16)23/h12-17,20-23H,2-11H2,1H3/t13-,14-,15-,16-,17-/m1/s1. The fourth-order valence-electron chi connectivity index (χ4n) is 3.48. The zero-order valence-corrected chi connectivity index (χ0v) is 15.9. The summed E-state index contributed by atoms with van der Waals surface area (Å²) in [6, 6.07) is 0. The lowest BCUT2D eigenvalue weighted by atomic mass is 9.97. The number of nitrogens with zero attached hydrogens (tertiary/aromatic N) is 1. The molecule has 0 aromatic carbocycles. The number of aliphatic hydroxyl groups excluding tert-OH is 4. The van der Waals surface area contributed by atoms with Crippen LogP contribution in [0, 0.1) is 5.92 Å². The van der Waals surface area contributed by atoms with Crippen LogP contribution in [0.3, 0.4) is 0 Å². The molecular formula is C18H33NO8. The van der Waals surface area contributed by atoms with E-state index in [-0.39, 0.29) is 38.1 Å². The summed E-state index contributed by atoms with van der Waals surface area (Å²) in [7, 11) is 1.39. The van der Waals surface area contributed by atoms with Crippen LogP contribution in [0.15, 0.2) is 0 Å². The number of carbonyl (C=O) groups is 1. The van der Waals surface area contributed by atoms with E-state index < -0.39 is 30.5 Å². The van der Waals surface area contributed by atoms with Gasteiger partial charge < -0.3 is 39.5 Å². The number of ether oxygens (including phenoxy) is 3. The Labute approximate surface area is 159 Å². The molecule has 4 N–H and O–H groups in total. The lowest BCUT2D eigenvalue weighted by molar-refractivity contribution is -0.147. The van der Waals surface area contributed by atoms with Crippen molar-refractivity contribution < 1.29 is 39.4 Å². The van der Waals surface area contributed by atoms with E-state index in [0.29, 0.717) is 38.9 Å². The maximum absolute atomic E-state index is 13.0. The fraction of sp³-hybridized carbons (Fsp3) is 0.944. The van der Waals surface area contributed by atoms with Crippen molar-refractivity contribution in [1.82, 2.24) is 4.90 Å². The molecule has 0 radical (unpaired) electrons. The van der Waals surface area contributed by atoms with Crippen molar-refractivity contribution in [3.8, 4) is 0 Å². The first-order chi connectivity index (χ1) is 12.9. The van der Waals surface area contributed by atoms with E-state index in [0.717, 1.165) is 0 Å². The number of carbonyl (C=O) groups excluding carboxylic acids is 1. The van der Waals surface area contributed by atoms with Gasteiger partial charge >= 0.3 is 0 Å². The van der Waals surface area contributed by atoms with Crippen LogP contribution in [0.25, 0.3) is 0 Å². The highest BCUT2D eigenvalue weighted by atomic mass is 16.5. The minimum atomic E-state index is -1.25. The number of β-amino-alcohol motifs (C(OH)–C–C–N with tert-alkyl or cyclic N) is 1. The van der Waals surface area contributed by atoms with Crippen LogP contribution < -0.4 is 0 Å². The summed E-state index contributed by atoms with van der Waals surface area (Å²) in [5, 5.41) is 41.1. The first-order valence-electron chi connectivity index (χ1n) is 9.63. The van der Waals surface area contributed by atoms with Crippen molar-refractivity contribution in [2.24, 2.45) is 5.92 Å². The summed E-state index contributed by atoms with van der Waals surface area (Å²) in [6.07, 6.45) is -3.39. The molecule has 158 valence electrons. The van der Waals surface area contributed by atoms with Gasteiger partial charge in [0, 0.05) is 45.9 Å². The van der Waals surface area contributed by atoms with Crippen molar-refractivity contribution in [2.75, 3.05) is 46.6 Å². The summed E-state index contributed by atoms with van der Waals surface area (Å²) in [4.78, 5) is 14.4. The van der Waals surface area contributed by atoms with Crippen LogP contribution in [0.4, 0.5) is 0 Å². The van der Waals surface area contributed by atoms with E-state index in [1.807, 2.05) is 0 Å². The quantitative estimate of drug-likeness (QED) is 0.448. The van der Waals surface area contributed by atoms with Crippen molar-refractivity contribution in [3.63, 3.8) is 0 Å². The van der Waals surface area contributed by atoms with Crippen molar-refractivity contribution >= 4 is 5.91 Å². The van der Waals surface area contributed by atoms with E-state index in [1.165, 1.54) is 12.0 Å². The van der Waals surface area contributed by atoms with Gasteiger partial charge in [0.1, 0.15) is 18.3 Å². The number of hydrogen-bond acceptors (Lipinski definition) is 8. The Balaban J connectivity index is 2.17. The van der Waals surface area contributed by atoms with Gasteiger partial charge in [0.2, 0.25) is 5.91 Å². The molecule has 0 spiro atoms. The molecular weight excluding hydrogens is 358 g/mol. The highest BCUT2D eigenvalue weighted by Crippen LogP contribution is 2.20. The van der Waals surface area contributed by atoms with Gasteiger partial charge in [0.25, 0.3) is 0 Å². The Morgan fingerprint density at radius 1 is 0.926 bits per heavy atom. The second-order valence-electron chi connectivity index (χ2n) is 7.31. The maximum atomic E-state index is 13.0. The third-order valence-corrected chi connectivity index (χ3v) is 5.29. The smallest absolute Gasteiger partial charge is 0.226 e. The first kappa shape index (κ1) is 22.5. The zero-order chi connectivity index (χ0) is 19.8. The molecule has 1 amide bonds. The van der Waals surface area contributed by atoms with Gasteiger partial charge in [0.15, 0.2) is 0 Å². The molecule has 9 nitrogen and oxygen atoms in total. The molecule has 2 saturated heterocycles. The van der Waals surface area contributed by atoms with Gasteiger partial charge in [-0.05, 0) is 25.7 Å². The topological polar surface area (TPSA) is 129 Å². The summed E-state index contributed by atoms with van der Waals surface area (Å²) in [5.41, 5.74) is 0. The van der Waals surface area contributed by atoms with Gasteiger partial charge in [0.05, 0.1) is 18.8 Å². The molecule has 0 aromatic rings. The van der Waals surface area contributed by atoms with Crippen molar-refractivity contribution in [3.05, 3.63) is 0 Å². The van der Waals surface area contributed by atoms with E-state index in [2.05, 4.69) is 0 Å². The molecule has 2 heterocycles. The van der Waals surface area contributed by atoms with Gasteiger partial charge in [-0.2, -0.15) is 0 Å². The van der Waals surface area contributed by atoms with E-state index in [4.69, 9.17) is 14.2 Å². The summed E-state index contributed by atoms with van der Waals surface area (Å²) < 4.78 is 15.9. The lowest BCUT2D eigenvalue weighted by Gasteiger charge is -2.35. The monoisotopic (exact) mass is 391 g/mol. The molecule has 2 aliphatic heterocycles. The molecule has 0 saturated carbocycles. The van der Waals surface area contributed by atoms with Crippen molar-refractivity contribution in [1.29, 1.82) is 0 Å². The normalized spacial score (nSPS) is 35.7. The molecule has 2 fully saturated rings. The van der Waals surface area contributed by atoms with Crippen LogP contribution in [-0.2, 0) is 19.0 Å². The minimum absolute atomic E-state index is 0.00526.